The van der Waals surface area contributed by atoms with Crippen molar-refractivity contribution in [1.29, 1.82) is 5.26 Å². The Bertz CT molecular complexity index is 1290. The summed E-state index contributed by atoms with van der Waals surface area (Å²) in [6.07, 6.45) is 0. The first-order chi connectivity index (χ1) is 14.5. The zero-order valence-electron chi connectivity index (χ0n) is 15.9. The standard InChI is InChI=1S/C22H16FN5O2/c1-12-18-20(27-26-12)30-19(25)16(10-24)22(18)15-7-2-3-8-17(15)28(21(22)29)11-13-5-4-6-14(23)9-13/h2-9H,11,25H2,1H3,(H,26,27). The summed E-state index contributed by atoms with van der Waals surface area (Å²) in [6, 6.07) is 15.4. The number of halogens is 1. The SMILES string of the molecule is Cc1[nH]nc2c1C1(C(=O)N(Cc3cccc(F)c3)c3ccccc31)C(C#N)=C(N)O2. The topological polar surface area (TPSA) is 108 Å². The molecule has 1 aromatic heterocycles. The van der Waals surface area contributed by atoms with Gasteiger partial charge in [0.05, 0.1) is 12.1 Å². The highest BCUT2D eigenvalue weighted by molar-refractivity contribution is 6.14. The molecule has 30 heavy (non-hydrogen) atoms. The van der Waals surface area contributed by atoms with Gasteiger partial charge in [-0.1, -0.05) is 30.3 Å². The van der Waals surface area contributed by atoms with Crippen LogP contribution in [0.3, 0.4) is 0 Å². The van der Waals surface area contributed by atoms with Crippen LogP contribution in [-0.2, 0) is 16.8 Å². The van der Waals surface area contributed by atoms with Gasteiger partial charge in [-0.05, 0) is 30.7 Å². The minimum atomic E-state index is -1.48. The number of nitriles is 1. The quantitative estimate of drug-likeness (QED) is 0.687. The maximum Gasteiger partial charge on any atom is 0.248 e. The molecule has 5 rings (SSSR count). The van der Waals surface area contributed by atoms with E-state index in [-0.39, 0.29) is 35.6 Å². The van der Waals surface area contributed by atoms with E-state index >= 15 is 0 Å². The van der Waals surface area contributed by atoms with Gasteiger partial charge in [-0.3, -0.25) is 9.89 Å². The van der Waals surface area contributed by atoms with E-state index in [0.717, 1.165) is 0 Å². The van der Waals surface area contributed by atoms with Crippen molar-refractivity contribution in [3.63, 3.8) is 0 Å². The lowest BCUT2D eigenvalue weighted by Gasteiger charge is -2.32. The number of fused-ring (bicyclic) bond motifs is 4. The molecule has 0 bridgehead atoms. The number of hydrogen-bond acceptors (Lipinski definition) is 5. The van der Waals surface area contributed by atoms with Crippen molar-refractivity contribution in [1.82, 2.24) is 10.2 Å². The zero-order valence-corrected chi connectivity index (χ0v) is 15.9. The number of hydrogen-bond donors (Lipinski definition) is 2. The second-order valence-corrected chi connectivity index (χ2v) is 7.27. The van der Waals surface area contributed by atoms with Crippen LogP contribution in [-0.4, -0.2) is 16.1 Å². The van der Waals surface area contributed by atoms with Gasteiger partial charge < -0.3 is 15.4 Å². The molecule has 0 saturated carbocycles. The molecule has 1 atom stereocenters. The number of rotatable bonds is 2. The molecule has 0 radical (unpaired) electrons. The fraction of sp³-hybridized carbons (Fsp3) is 0.136. The molecule has 148 valence electrons. The average Bonchev–Trinajstić information content (AvgIpc) is 3.20. The molecule has 1 spiro atoms. The number of aromatic amines is 1. The van der Waals surface area contributed by atoms with Crippen LogP contribution < -0.4 is 15.4 Å². The fourth-order valence-corrected chi connectivity index (χ4v) is 4.44. The maximum atomic E-state index is 14.1. The molecule has 1 unspecified atom stereocenters. The molecular formula is C22H16FN5O2. The zero-order chi connectivity index (χ0) is 21.0. The molecule has 0 aliphatic carbocycles. The Kier molecular flexibility index (Phi) is 3.70. The average molecular weight is 401 g/mol. The molecule has 7 nitrogen and oxygen atoms in total. The highest BCUT2D eigenvalue weighted by Crippen LogP contribution is 2.55. The summed E-state index contributed by atoms with van der Waals surface area (Å²) in [5, 5.41) is 16.9. The molecular weight excluding hydrogens is 385 g/mol. The minimum absolute atomic E-state index is 0.0127. The first-order valence-electron chi connectivity index (χ1n) is 9.28. The number of carbonyl (C=O) groups is 1. The predicted molar refractivity (Wildman–Crippen MR) is 106 cm³/mol. The van der Waals surface area contributed by atoms with Crippen molar-refractivity contribution in [2.24, 2.45) is 5.73 Å². The summed E-state index contributed by atoms with van der Waals surface area (Å²) in [5.74, 6) is -0.739. The van der Waals surface area contributed by atoms with Crippen molar-refractivity contribution < 1.29 is 13.9 Å². The molecule has 3 N–H and O–H groups in total. The van der Waals surface area contributed by atoms with E-state index in [1.165, 1.54) is 12.1 Å². The number of ether oxygens (including phenoxy) is 1. The van der Waals surface area contributed by atoms with Gasteiger partial charge in [-0.15, -0.1) is 5.10 Å². The van der Waals surface area contributed by atoms with E-state index in [2.05, 4.69) is 16.3 Å². The van der Waals surface area contributed by atoms with Gasteiger partial charge >= 0.3 is 0 Å². The maximum absolute atomic E-state index is 14.1. The van der Waals surface area contributed by atoms with Crippen LogP contribution in [0, 0.1) is 24.1 Å². The molecule has 1 amide bonds. The summed E-state index contributed by atoms with van der Waals surface area (Å²) in [6.45, 7) is 1.90. The van der Waals surface area contributed by atoms with E-state index in [1.807, 2.05) is 6.07 Å². The lowest BCUT2D eigenvalue weighted by molar-refractivity contribution is -0.121. The van der Waals surface area contributed by atoms with Gasteiger partial charge in [0.15, 0.2) is 0 Å². The van der Waals surface area contributed by atoms with Gasteiger partial charge in [0, 0.05) is 16.9 Å². The number of anilines is 1. The van der Waals surface area contributed by atoms with Crippen LogP contribution in [0.15, 0.2) is 60.0 Å². The van der Waals surface area contributed by atoms with Crippen molar-refractivity contribution in [2.45, 2.75) is 18.9 Å². The number of nitrogens with two attached hydrogens (primary N) is 1. The Labute approximate surface area is 171 Å². The first kappa shape index (κ1) is 17.9. The van der Waals surface area contributed by atoms with E-state index in [9.17, 15) is 14.4 Å². The second kappa shape index (κ2) is 6.19. The number of benzene rings is 2. The molecule has 2 aliphatic heterocycles. The Balaban J connectivity index is 1.78. The van der Waals surface area contributed by atoms with Crippen LogP contribution in [0.5, 0.6) is 5.88 Å². The molecule has 0 fully saturated rings. The molecule has 0 saturated heterocycles. The first-order valence-corrected chi connectivity index (χ1v) is 9.28. The number of aryl methyl sites for hydroxylation is 1. The number of nitrogens with one attached hydrogen (secondary N) is 1. The summed E-state index contributed by atoms with van der Waals surface area (Å²) < 4.78 is 19.3. The van der Waals surface area contributed by atoms with Gasteiger partial charge in [-0.25, -0.2) is 4.39 Å². The largest absolute Gasteiger partial charge is 0.420 e. The number of H-pyrrole nitrogens is 1. The smallest absolute Gasteiger partial charge is 0.248 e. The third-order valence-corrected chi connectivity index (χ3v) is 5.62. The van der Waals surface area contributed by atoms with Crippen LogP contribution >= 0.6 is 0 Å². The van der Waals surface area contributed by atoms with E-state index < -0.39 is 5.41 Å². The third kappa shape index (κ3) is 2.17. The van der Waals surface area contributed by atoms with Crippen molar-refractivity contribution >= 4 is 11.6 Å². The van der Waals surface area contributed by atoms with Gasteiger partial charge in [-0.2, -0.15) is 5.26 Å². The van der Waals surface area contributed by atoms with Crippen LogP contribution in [0.4, 0.5) is 10.1 Å². The summed E-state index contributed by atoms with van der Waals surface area (Å²) in [4.78, 5) is 15.6. The normalized spacial score (nSPS) is 19.5. The molecule has 3 heterocycles. The van der Waals surface area contributed by atoms with Gasteiger partial charge in [0.2, 0.25) is 17.7 Å². The van der Waals surface area contributed by atoms with E-state index in [0.29, 0.717) is 28.1 Å². The lowest BCUT2D eigenvalue weighted by Crippen LogP contribution is -2.45. The monoisotopic (exact) mass is 401 g/mol. The van der Waals surface area contributed by atoms with E-state index in [1.54, 1.807) is 42.2 Å². The number of para-hydroxylation sites is 1. The Morgan fingerprint density at radius 2 is 2.10 bits per heavy atom. The second-order valence-electron chi connectivity index (χ2n) is 7.27. The number of carbonyl (C=O) groups excluding carboxylic acids is 1. The van der Waals surface area contributed by atoms with Crippen molar-refractivity contribution in [2.75, 3.05) is 4.90 Å². The minimum Gasteiger partial charge on any atom is -0.420 e. The Hall–Kier alpha value is -4.12. The van der Waals surface area contributed by atoms with Gasteiger partial charge in [0.1, 0.15) is 22.9 Å². The predicted octanol–water partition coefficient (Wildman–Crippen LogP) is 2.78. The third-order valence-electron chi connectivity index (χ3n) is 5.62. The van der Waals surface area contributed by atoms with E-state index in [4.69, 9.17) is 10.5 Å². The number of amides is 1. The summed E-state index contributed by atoms with van der Waals surface area (Å²) >= 11 is 0. The molecule has 2 aliphatic rings. The highest BCUT2D eigenvalue weighted by atomic mass is 19.1. The molecule has 8 heteroatoms. The highest BCUT2D eigenvalue weighted by Gasteiger charge is 2.60. The summed E-state index contributed by atoms with van der Waals surface area (Å²) in [7, 11) is 0. The van der Waals surface area contributed by atoms with Crippen molar-refractivity contribution in [3.8, 4) is 11.9 Å². The van der Waals surface area contributed by atoms with Crippen molar-refractivity contribution in [3.05, 3.63) is 88.2 Å². The van der Waals surface area contributed by atoms with Crippen LogP contribution in [0.25, 0.3) is 0 Å². The van der Waals surface area contributed by atoms with Crippen LogP contribution in [0.2, 0.25) is 0 Å². The summed E-state index contributed by atoms with van der Waals surface area (Å²) in [5.41, 5.74) is 7.53. The lowest BCUT2D eigenvalue weighted by atomic mass is 9.69. The Morgan fingerprint density at radius 3 is 2.87 bits per heavy atom. The number of nitrogens with zero attached hydrogens (tertiary/aromatic N) is 3. The Morgan fingerprint density at radius 1 is 1.30 bits per heavy atom. The number of aromatic nitrogens is 2. The fourth-order valence-electron chi connectivity index (χ4n) is 4.44. The van der Waals surface area contributed by atoms with Gasteiger partial charge in [0.25, 0.3) is 0 Å². The molecule has 2 aromatic carbocycles. The molecule has 3 aromatic rings. The van der Waals surface area contributed by atoms with Crippen LogP contribution in [0.1, 0.15) is 22.4 Å².